The molecule has 0 unspecified atom stereocenters. The van der Waals surface area contributed by atoms with Gasteiger partial charge in [-0.25, -0.2) is 0 Å². The van der Waals surface area contributed by atoms with Crippen LogP contribution in [0.1, 0.15) is 11.1 Å². The summed E-state index contributed by atoms with van der Waals surface area (Å²) in [4.78, 5) is 0. The predicted molar refractivity (Wildman–Crippen MR) is 52.3 cm³/mol. The fourth-order valence-corrected chi connectivity index (χ4v) is 1.27. The molecule has 0 saturated carbocycles. The van der Waals surface area contributed by atoms with Crippen molar-refractivity contribution >= 4 is 0 Å². The Bertz CT molecular complexity index is 318. The summed E-state index contributed by atoms with van der Waals surface area (Å²) in [5, 5.41) is 9.08. The lowest BCUT2D eigenvalue weighted by atomic mass is 10.1. The van der Waals surface area contributed by atoms with Crippen LogP contribution in [0.5, 0.6) is 5.75 Å². The van der Waals surface area contributed by atoms with Gasteiger partial charge in [-0.2, -0.15) is 0 Å². The van der Waals surface area contributed by atoms with Gasteiger partial charge in [0.15, 0.2) is 0 Å². The second-order valence-electron chi connectivity index (χ2n) is 3.54. The van der Waals surface area contributed by atoms with E-state index < -0.39 is 0 Å². The molecule has 1 N–H and O–H groups in total. The third-order valence-corrected chi connectivity index (χ3v) is 2.22. The minimum atomic E-state index is 0.0150. The molecule has 0 spiro atoms. The monoisotopic (exact) mass is 194 g/mol. The van der Waals surface area contributed by atoms with Crippen molar-refractivity contribution in [3.63, 3.8) is 0 Å². The van der Waals surface area contributed by atoms with E-state index in [2.05, 4.69) is 0 Å². The first-order chi connectivity index (χ1) is 6.79. The number of benzene rings is 1. The van der Waals surface area contributed by atoms with E-state index in [0.717, 1.165) is 23.5 Å². The summed E-state index contributed by atoms with van der Waals surface area (Å²) in [5.74, 6) is 0.767. The number of aliphatic hydroxyl groups is 1. The molecule has 76 valence electrons. The van der Waals surface area contributed by atoms with Gasteiger partial charge in [-0.15, -0.1) is 0 Å². The Morgan fingerprint density at radius 3 is 3.00 bits per heavy atom. The zero-order valence-corrected chi connectivity index (χ0v) is 8.19. The maximum atomic E-state index is 9.08. The second-order valence-corrected chi connectivity index (χ2v) is 3.54. The predicted octanol–water partition coefficient (Wildman–Crippen LogP) is 1.26. The molecule has 0 bridgehead atoms. The van der Waals surface area contributed by atoms with Gasteiger partial charge in [0.25, 0.3) is 0 Å². The third-order valence-electron chi connectivity index (χ3n) is 2.22. The number of hydrogen-bond donors (Lipinski definition) is 1. The first kappa shape index (κ1) is 9.49. The molecule has 1 atom stereocenters. The van der Waals surface area contributed by atoms with E-state index in [1.165, 1.54) is 0 Å². The molecule has 0 radical (unpaired) electrons. The number of epoxide rings is 1. The van der Waals surface area contributed by atoms with Crippen molar-refractivity contribution < 1.29 is 14.6 Å². The van der Waals surface area contributed by atoms with Crippen molar-refractivity contribution in [3.05, 3.63) is 29.3 Å². The highest BCUT2D eigenvalue weighted by atomic mass is 16.6. The van der Waals surface area contributed by atoms with Crippen LogP contribution in [0.15, 0.2) is 18.2 Å². The second kappa shape index (κ2) is 3.98. The average Bonchev–Trinajstić information content (AvgIpc) is 2.98. The Labute approximate surface area is 83.3 Å². The number of rotatable bonds is 4. The molecule has 1 heterocycles. The molecule has 3 heteroatoms. The average molecular weight is 194 g/mol. The Kier molecular flexibility index (Phi) is 2.70. The van der Waals surface area contributed by atoms with Gasteiger partial charge in [-0.05, 0) is 18.6 Å². The maximum absolute atomic E-state index is 9.08. The molecule has 0 aliphatic carbocycles. The van der Waals surface area contributed by atoms with Crippen LogP contribution in [0.4, 0.5) is 0 Å². The molecule has 1 aromatic rings. The Morgan fingerprint density at radius 1 is 1.57 bits per heavy atom. The van der Waals surface area contributed by atoms with Crippen LogP contribution in [-0.4, -0.2) is 24.4 Å². The molecule has 1 saturated heterocycles. The van der Waals surface area contributed by atoms with Crippen LogP contribution >= 0.6 is 0 Å². The molecule has 1 aliphatic heterocycles. The lowest BCUT2D eigenvalue weighted by molar-refractivity contribution is 0.243. The number of aliphatic hydroxyl groups excluding tert-OH is 1. The quantitative estimate of drug-likeness (QED) is 0.734. The first-order valence-electron chi connectivity index (χ1n) is 4.74. The Hall–Kier alpha value is -1.06. The standard InChI is InChI=1S/C11H14O3/c1-8-2-3-9(5-12)11(4-8)14-7-10-6-13-10/h2-4,10,12H,5-7H2,1H3/t10-/m0/s1. The molecule has 3 nitrogen and oxygen atoms in total. The summed E-state index contributed by atoms with van der Waals surface area (Å²) in [6.45, 7) is 3.39. The summed E-state index contributed by atoms with van der Waals surface area (Å²) >= 11 is 0. The fraction of sp³-hybridized carbons (Fsp3) is 0.455. The van der Waals surface area contributed by atoms with Crippen molar-refractivity contribution in [3.8, 4) is 5.75 Å². The Morgan fingerprint density at radius 2 is 2.36 bits per heavy atom. The van der Waals surface area contributed by atoms with Crippen LogP contribution in [0, 0.1) is 6.92 Å². The zero-order valence-electron chi connectivity index (χ0n) is 8.19. The van der Waals surface area contributed by atoms with Crippen LogP contribution < -0.4 is 4.74 Å². The summed E-state index contributed by atoms with van der Waals surface area (Å²) < 4.78 is 10.6. The molecular formula is C11H14O3. The summed E-state index contributed by atoms with van der Waals surface area (Å²) in [7, 11) is 0. The molecule has 14 heavy (non-hydrogen) atoms. The minimum absolute atomic E-state index is 0.0150. The summed E-state index contributed by atoms with van der Waals surface area (Å²) in [6.07, 6.45) is 0.252. The largest absolute Gasteiger partial charge is 0.490 e. The minimum Gasteiger partial charge on any atom is -0.490 e. The van der Waals surface area contributed by atoms with Crippen molar-refractivity contribution in [1.82, 2.24) is 0 Å². The molecular weight excluding hydrogens is 180 g/mol. The number of hydrogen-bond acceptors (Lipinski definition) is 3. The van der Waals surface area contributed by atoms with E-state index in [-0.39, 0.29) is 12.7 Å². The van der Waals surface area contributed by atoms with Gasteiger partial charge >= 0.3 is 0 Å². The van der Waals surface area contributed by atoms with Crippen molar-refractivity contribution in [1.29, 1.82) is 0 Å². The zero-order chi connectivity index (χ0) is 9.97. The van der Waals surface area contributed by atoms with E-state index in [1.807, 2.05) is 25.1 Å². The normalized spacial score (nSPS) is 19.4. The molecule has 1 aliphatic rings. The van der Waals surface area contributed by atoms with E-state index in [0.29, 0.717) is 6.61 Å². The topological polar surface area (TPSA) is 42.0 Å². The van der Waals surface area contributed by atoms with Crippen molar-refractivity contribution in [2.75, 3.05) is 13.2 Å². The van der Waals surface area contributed by atoms with E-state index in [4.69, 9.17) is 14.6 Å². The van der Waals surface area contributed by atoms with Crippen LogP contribution in [-0.2, 0) is 11.3 Å². The van der Waals surface area contributed by atoms with Crippen molar-refractivity contribution in [2.24, 2.45) is 0 Å². The number of aryl methyl sites for hydroxylation is 1. The first-order valence-corrected chi connectivity index (χ1v) is 4.74. The van der Waals surface area contributed by atoms with E-state index >= 15 is 0 Å². The van der Waals surface area contributed by atoms with Crippen LogP contribution in [0.2, 0.25) is 0 Å². The van der Waals surface area contributed by atoms with Crippen LogP contribution in [0.25, 0.3) is 0 Å². The molecule has 1 fully saturated rings. The fourth-order valence-electron chi connectivity index (χ4n) is 1.27. The van der Waals surface area contributed by atoms with Crippen LogP contribution in [0.3, 0.4) is 0 Å². The highest BCUT2D eigenvalue weighted by Gasteiger charge is 2.23. The van der Waals surface area contributed by atoms with E-state index in [1.54, 1.807) is 0 Å². The molecule has 0 aromatic heterocycles. The van der Waals surface area contributed by atoms with Gasteiger partial charge in [0.1, 0.15) is 18.5 Å². The lowest BCUT2D eigenvalue weighted by Crippen LogP contribution is -2.06. The summed E-state index contributed by atoms with van der Waals surface area (Å²) in [5.41, 5.74) is 1.96. The maximum Gasteiger partial charge on any atom is 0.125 e. The third kappa shape index (κ3) is 2.25. The van der Waals surface area contributed by atoms with Gasteiger partial charge in [-0.3, -0.25) is 0 Å². The van der Waals surface area contributed by atoms with Gasteiger partial charge in [-0.1, -0.05) is 12.1 Å². The molecule has 0 amide bonds. The van der Waals surface area contributed by atoms with Crippen molar-refractivity contribution in [2.45, 2.75) is 19.6 Å². The SMILES string of the molecule is Cc1ccc(CO)c(OC[C@@H]2CO2)c1. The smallest absolute Gasteiger partial charge is 0.125 e. The molecule has 2 rings (SSSR count). The van der Waals surface area contributed by atoms with E-state index in [9.17, 15) is 0 Å². The highest BCUT2D eigenvalue weighted by Crippen LogP contribution is 2.21. The van der Waals surface area contributed by atoms with Gasteiger partial charge in [0, 0.05) is 5.56 Å². The Balaban J connectivity index is 2.07. The lowest BCUT2D eigenvalue weighted by Gasteiger charge is -2.09. The van der Waals surface area contributed by atoms with Gasteiger partial charge in [0.05, 0.1) is 13.2 Å². The molecule has 1 aromatic carbocycles. The van der Waals surface area contributed by atoms with Gasteiger partial charge in [0.2, 0.25) is 0 Å². The highest BCUT2D eigenvalue weighted by molar-refractivity contribution is 5.36. The van der Waals surface area contributed by atoms with Gasteiger partial charge < -0.3 is 14.6 Å². The number of ether oxygens (including phenoxy) is 2. The summed E-state index contributed by atoms with van der Waals surface area (Å²) in [6, 6.07) is 5.79.